The third-order valence-corrected chi connectivity index (χ3v) is 0.871. The second kappa shape index (κ2) is 4.26. The highest BCUT2D eigenvalue weighted by molar-refractivity contribution is 7.79. The van der Waals surface area contributed by atoms with E-state index in [0.717, 1.165) is 12.1 Å². The molecule has 0 bridgehead atoms. The average molecular weight is 145 g/mol. The van der Waals surface area contributed by atoms with Crippen LogP contribution in [0.15, 0.2) is 5.16 Å². The number of thiocarbonyl (C=S) groups is 1. The molecule has 0 heterocycles. The number of rotatable bonds is 2. The van der Waals surface area contributed by atoms with Crippen molar-refractivity contribution in [3.05, 3.63) is 0 Å². The van der Waals surface area contributed by atoms with Gasteiger partial charge in [0.05, 0.1) is 5.71 Å². The normalized spacial score (nSPS) is 11.1. The topological polar surface area (TPSA) is 45.4 Å². The van der Waals surface area contributed by atoms with Crippen molar-refractivity contribution in [3.63, 3.8) is 0 Å². The Balaban J connectivity index is 3.56. The zero-order valence-electron chi connectivity index (χ0n) is 5.47. The van der Waals surface area contributed by atoms with Crippen LogP contribution in [0.1, 0.15) is 20.3 Å². The zero-order valence-corrected chi connectivity index (χ0v) is 6.29. The summed E-state index contributed by atoms with van der Waals surface area (Å²) in [5.74, 6) is 0. The molecule has 0 aromatic carbocycles. The van der Waals surface area contributed by atoms with E-state index in [1.54, 1.807) is 0 Å². The van der Waals surface area contributed by atoms with Gasteiger partial charge in [0.1, 0.15) is 0 Å². The van der Waals surface area contributed by atoms with E-state index < -0.39 is 0 Å². The Morgan fingerprint density at radius 3 is 2.67 bits per heavy atom. The van der Waals surface area contributed by atoms with Crippen molar-refractivity contribution in [1.29, 1.82) is 0 Å². The molecule has 0 spiro atoms. The quantitative estimate of drug-likeness (QED) is 0.334. The van der Waals surface area contributed by atoms with Crippen LogP contribution in [0.3, 0.4) is 0 Å². The van der Waals surface area contributed by atoms with Gasteiger partial charge in [-0.3, -0.25) is 5.73 Å². The molecule has 51 valence electrons. The van der Waals surface area contributed by atoms with Gasteiger partial charge in [-0.2, -0.15) is 0 Å². The van der Waals surface area contributed by atoms with Crippen LogP contribution >= 0.6 is 12.2 Å². The SMILES string of the molecule is CCC(C)=NOC([NH])=S. The van der Waals surface area contributed by atoms with Crippen molar-refractivity contribution in [2.24, 2.45) is 5.16 Å². The molecule has 0 aliphatic rings. The molecule has 0 saturated carbocycles. The number of hydrogen-bond donors (Lipinski definition) is 0. The summed E-state index contributed by atoms with van der Waals surface area (Å²) < 4.78 is 0. The average Bonchev–Trinajstić information content (AvgIpc) is 1.83. The van der Waals surface area contributed by atoms with Crippen LogP contribution in [-0.2, 0) is 4.84 Å². The molecule has 0 unspecified atom stereocenters. The second-order valence-corrected chi connectivity index (χ2v) is 1.93. The lowest BCUT2D eigenvalue weighted by atomic mass is 10.3. The molecule has 1 N–H and O–H groups in total. The molecule has 0 aliphatic heterocycles. The summed E-state index contributed by atoms with van der Waals surface area (Å²) in [5.41, 5.74) is 7.49. The predicted octanol–water partition coefficient (Wildman–Crippen LogP) is 1.36. The minimum absolute atomic E-state index is 0.289. The summed E-state index contributed by atoms with van der Waals surface area (Å²) in [6, 6.07) is 0. The standard InChI is InChI=1S/C5H9N2OS/c1-3-4(2)7-8-5(6)9/h6H,3H2,1-2H3. The number of nitrogens with one attached hydrogen (secondary N) is 1. The molecule has 0 aliphatic carbocycles. The van der Waals surface area contributed by atoms with Crippen molar-refractivity contribution < 1.29 is 4.84 Å². The largest absolute Gasteiger partial charge is 0.325 e. The lowest BCUT2D eigenvalue weighted by Gasteiger charge is -1.92. The van der Waals surface area contributed by atoms with Crippen LogP contribution in [0.4, 0.5) is 0 Å². The van der Waals surface area contributed by atoms with Crippen LogP contribution in [0, 0.1) is 0 Å². The van der Waals surface area contributed by atoms with Gasteiger partial charge in [-0.1, -0.05) is 12.1 Å². The second-order valence-electron chi connectivity index (χ2n) is 1.56. The van der Waals surface area contributed by atoms with Crippen LogP contribution < -0.4 is 5.73 Å². The summed E-state index contributed by atoms with van der Waals surface area (Å²) in [4.78, 5) is 4.38. The number of oxime groups is 1. The maximum Gasteiger partial charge on any atom is 0.307 e. The Kier molecular flexibility index (Phi) is 3.96. The molecule has 0 fully saturated rings. The predicted molar refractivity (Wildman–Crippen MR) is 40.2 cm³/mol. The fourth-order valence-corrected chi connectivity index (χ4v) is 0.221. The molecular formula is C5H9N2OS. The van der Waals surface area contributed by atoms with E-state index in [4.69, 9.17) is 5.73 Å². The molecular weight excluding hydrogens is 136 g/mol. The fourth-order valence-electron chi connectivity index (χ4n) is 0.184. The van der Waals surface area contributed by atoms with Crippen molar-refractivity contribution in [2.75, 3.05) is 0 Å². The molecule has 3 nitrogen and oxygen atoms in total. The van der Waals surface area contributed by atoms with Crippen molar-refractivity contribution in [1.82, 2.24) is 5.73 Å². The molecule has 1 radical (unpaired) electrons. The summed E-state index contributed by atoms with van der Waals surface area (Å²) in [5, 5.41) is 3.24. The van der Waals surface area contributed by atoms with Crippen LogP contribution in [0.25, 0.3) is 0 Å². The molecule has 0 aromatic rings. The lowest BCUT2D eigenvalue weighted by molar-refractivity contribution is 0.329. The first-order valence-electron chi connectivity index (χ1n) is 2.63. The monoisotopic (exact) mass is 145 g/mol. The van der Waals surface area contributed by atoms with Crippen molar-refractivity contribution in [3.8, 4) is 0 Å². The highest BCUT2D eigenvalue weighted by Crippen LogP contribution is 1.85. The molecule has 9 heavy (non-hydrogen) atoms. The summed E-state index contributed by atoms with van der Waals surface area (Å²) >= 11 is 4.30. The summed E-state index contributed by atoms with van der Waals surface area (Å²) in [7, 11) is 0. The van der Waals surface area contributed by atoms with Gasteiger partial charge in [-0.05, 0) is 25.6 Å². The molecule has 0 atom stereocenters. The minimum atomic E-state index is -0.289. The Morgan fingerprint density at radius 2 is 2.33 bits per heavy atom. The van der Waals surface area contributed by atoms with E-state index >= 15 is 0 Å². The summed E-state index contributed by atoms with van der Waals surface area (Å²) in [6.45, 7) is 3.77. The third kappa shape index (κ3) is 5.23. The maximum atomic E-state index is 6.65. The van der Waals surface area contributed by atoms with Gasteiger partial charge in [0, 0.05) is 0 Å². The highest BCUT2D eigenvalue weighted by Gasteiger charge is 1.87. The van der Waals surface area contributed by atoms with Gasteiger partial charge in [0.2, 0.25) is 0 Å². The minimum Gasteiger partial charge on any atom is -0.325 e. The Bertz CT molecular complexity index is 133. The first-order valence-corrected chi connectivity index (χ1v) is 3.03. The van der Waals surface area contributed by atoms with Gasteiger partial charge < -0.3 is 4.84 Å². The van der Waals surface area contributed by atoms with Gasteiger partial charge in [0.15, 0.2) is 0 Å². The van der Waals surface area contributed by atoms with Gasteiger partial charge in [-0.25, -0.2) is 0 Å². The van der Waals surface area contributed by atoms with E-state index in [1.165, 1.54) is 0 Å². The molecule has 0 amide bonds. The molecule has 0 rings (SSSR count). The van der Waals surface area contributed by atoms with E-state index in [9.17, 15) is 0 Å². The first-order chi connectivity index (χ1) is 4.16. The van der Waals surface area contributed by atoms with E-state index in [2.05, 4.69) is 22.2 Å². The number of nitrogens with zero attached hydrogens (tertiary/aromatic N) is 1. The molecule has 0 aromatic heterocycles. The Hall–Kier alpha value is -0.640. The van der Waals surface area contributed by atoms with E-state index in [1.807, 2.05) is 13.8 Å². The fraction of sp³-hybridized carbons (Fsp3) is 0.600. The number of hydrogen-bond acceptors (Lipinski definition) is 3. The van der Waals surface area contributed by atoms with Crippen molar-refractivity contribution in [2.45, 2.75) is 20.3 Å². The van der Waals surface area contributed by atoms with Gasteiger partial charge in [0.25, 0.3) is 0 Å². The molecule has 4 heteroatoms. The Labute approximate surface area is 59.9 Å². The summed E-state index contributed by atoms with van der Waals surface area (Å²) in [6.07, 6.45) is 0.822. The zero-order chi connectivity index (χ0) is 7.28. The van der Waals surface area contributed by atoms with E-state index in [0.29, 0.717) is 0 Å². The maximum absolute atomic E-state index is 6.65. The third-order valence-electron chi connectivity index (χ3n) is 0.796. The smallest absolute Gasteiger partial charge is 0.307 e. The highest BCUT2D eigenvalue weighted by atomic mass is 32.1. The van der Waals surface area contributed by atoms with Gasteiger partial charge >= 0.3 is 5.17 Å². The van der Waals surface area contributed by atoms with Crippen LogP contribution in [0.5, 0.6) is 0 Å². The van der Waals surface area contributed by atoms with Gasteiger partial charge in [-0.15, -0.1) is 0 Å². The lowest BCUT2D eigenvalue weighted by Crippen LogP contribution is -1.98. The molecule has 0 saturated heterocycles. The Morgan fingerprint density at radius 1 is 1.78 bits per heavy atom. The van der Waals surface area contributed by atoms with Crippen molar-refractivity contribution >= 4 is 23.1 Å². The van der Waals surface area contributed by atoms with Crippen LogP contribution in [0.2, 0.25) is 0 Å². The first kappa shape index (κ1) is 8.36. The van der Waals surface area contributed by atoms with E-state index in [-0.39, 0.29) is 5.17 Å². The van der Waals surface area contributed by atoms with Crippen LogP contribution in [-0.4, -0.2) is 10.9 Å².